The molecule has 0 saturated carbocycles. The number of hydrogen-bond donors (Lipinski definition) is 0. The maximum Gasteiger partial charge on any atom is -0.0417 e. The van der Waals surface area contributed by atoms with Crippen molar-refractivity contribution >= 4 is 0 Å². The summed E-state index contributed by atoms with van der Waals surface area (Å²) in [5, 5.41) is 0. The first kappa shape index (κ1) is 39.0. The molecule has 39 heavy (non-hydrogen) atoms. The SMILES string of the molecule is CCCCCCCCCCCCCCCCC(CC)CCCC(C)CCCCCCCCCCCCCCC. The van der Waals surface area contributed by atoms with Crippen LogP contribution in [0.2, 0.25) is 0 Å². The van der Waals surface area contributed by atoms with Crippen molar-refractivity contribution in [2.45, 2.75) is 240 Å². The molecule has 0 N–H and O–H groups in total. The van der Waals surface area contributed by atoms with Crippen LogP contribution in [0, 0.1) is 11.8 Å². The van der Waals surface area contributed by atoms with E-state index in [0.717, 1.165) is 11.8 Å². The monoisotopic (exact) mass is 549 g/mol. The zero-order valence-electron chi connectivity index (χ0n) is 28.5. The molecule has 0 aromatic rings. The Balaban J connectivity index is 3.38. The lowest BCUT2D eigenvalue weighted by Gasteiger charge is -2.17. The molecule has 0 aliphatic carbocycles. The summed E-state index contributed by atoms with van der Waals surface area (Å²) in [4.78, 5) is 0. The highest BCUT2D eigenvalue weighted by atomic mass is 14.1. The van der Waals surface area contributed by atoms with Gasteiger partial charge in [0.15, 0.2) is 0 Å². The molecule has 0 fully saturated rings. The van der Waals surface area contributed by atoms with E-state index in [9.17, 15) is 0 Å². The van der Waals surface area contributed by atoms with Crippen molar-refractivity contribution in [2.75, 3.05) is 0 Å². The van der Waals surface area contributed by atoms with Gasteiger partial charge in [0.1, 0.15) is 0 Å². The Morgan fingerprint density at radius 2 is 0.538 bits per heavy atom. The second-order valence-corrected chi connectivity index (χ2v) is 13.7. The van der Waals surface area contributed by atoms with Crippen molar-refractivity contribution in [3.05, 3.63) is 0 Å². The summed E-state index contributed by atoms with van der Waals surface area (Å²) in [5.74, 6) is 1.96. The van der Waals surface area contributed by atoms with Gasteiger partial charge in [0.25, 0.3) is 0 Å². The number of rotatable bonds is 34. The third kappa shape index (κ3) is 32.4. The van der Waals surface area contributed by atoms with Gasteiger partial charge in [0, 0.05) is 0 Å². The van der Waals surface area contributed by atoms with Crippen LogP contribution < -0.4 is 0 Å². The van der Waals surface area contributed by atoms with Gasteiger partial charge >= 0.3 is 0 Å². The summed E-state index contributed by atoms with van der Waals surface area (Å²) < 4.78 is 0. The molecular formula is C39H80. The predicted molar refractivity (Wildman–Crippen MR) is 182 cm³/mol. The molecule has 236 valence electrons. The Hall–Kier alpha value is 0. The maximum absolute atomic E-state index is 2.52. The molecule has 0 rings (SSSR count). The fraction of sp³-hybridized carbons (Fsp3) is 1.00. The van der Waals surface area contributed by atoms with Crippen LogP contribution >= 0.6 is 0 Å². The van der Waals surface area contributed by atoms with Crippen molar-refractivity contribution in [1.82, 2.24) is 0 Å². The van der Waals surface area contributed by atoms with E-state index >= 15 is 0 Å². The highest BCUT2D eigenvalue weighted by Gasteiger charge is 2.08. The molecule has 0 nitrogen and oxygen atoms in total. The van der Waals surface area contributed by atoms with Crippen LogP contribution in [-0.2, 0) is 0 Å². The standard InChI is InChI=1S/C39H80/c1-5-8-10-12-14-16-18-20-22-24-26-28-30-32-36-39(7-3)37-33-35-38(4)34-31-29-27-25-23-21-19-17-15-13-11-9-6-2/h38-39H,5-37H2,1-4H3. The van der Waals surface area contributed by atoms with Crippen LogP contribution in [0.5, 0.6) is 0 Å². The van der Waals surface area contributed by atoms with E-state index in [0.29, 0.717) is 0 Å². The van der Waals surface area contributed by atoms with E-state index in [1.165, 1.54) is 212 Å². The van der Waals surface area contributed by atoms with E-state index in [1.807, 2.05) is 0 Å². The number of hydrogen-bond acceptors (Lipinski definition) is 0. The van der Waals surface area contributed by atoms with E-state index in [2.05, 4.69) is 27.7 Å². The van der Waals surface area contributed by atoms with Gasteiger partial charge in [-0.2, -0.15) is 0 Å². The molecule has 0 saturated heterocycles. The minimum absolute atomic E-state index is 0.955. The zero-order chi connectivity index (χ0) is 28.5. The predicted octanol–water partition coefficient (Wildman–Crippen LogP) is 15.2. The van der Waals surface area contributed by atoms with Crippen LogP contribution in [0.15, 0.2) is 0 Å². The normalized spacial score (nSPS) is 13.2. The van der Waals surface area contributed by atoms with Gasteiger partial charge < -0.3 is 0 Å². The highest BCUT2D eigenvalue weighted by molar-refractivity contribution is 4.62. The Morgan fingerprint density at radius 3 is 0.872 bits per heavy atom. The van der Waals surface area contributed by atoms with Crippen LogP contribution in [0.3, 0.4) is 0 Å². The van der Waals surface area contributed by atoms with Crippen molar-refractivity contribution in [1.29, 1.82) is 0 Å². The Morgan fingerprint density at radius 1 is 0.282 bits per heavy atom. The highest BCUT2D eigenvalue weighted by Crippen LogP contribution is 2.24. The van der Waals surface area contributed by atoms with Crippen molar-refractivity contribution in [3.63, 3.8) is 0 Å². The van der Waals surface area contributed by atoms with E-state index in [4.69, 9.17) is 0 Å². The summed E-state index contributed by atoms with van der Waals surface area (Å²) in [6, 6.07) is 0. The second kappa shape index (κ2) is 34.2. The molecule has 0 aromatic heterocycles. The first-order valence-electron chi connectivity index (χ1n) is 19.2. The quantitative estimate of drug-likeness (QED) is 0.0701. The third-order valence-electron chi connectivity index (χ3n) is 9.65. The summed E-state index contributed by atoms with van der Waals surface area (Å²) in [6.07, 6.45) is 48.6. The van der Waals surface area contributed by atoms with E-state index in [1.54, 1.807) is 0 Å². The molecule has 0 radical (unpaired) electrons. The molecule has 0 spiro atoms. The maximum atomic E-state index is 2.52. The summed E-state index contributed by atoms with van der Waals surface area (Å²) in [7, 11) is 0. The van der Waals surface area contributed by atoms with Gasteiger partial charge in [-0.15, -0.1) is 0 Å². The zero-order valence-corrected chi connectivity index (χ0v) is 28.5. The second-order valence-electron chi connectivity index (χ2n) is 13.7. The molecule has 0 aromatic carbocycles. The smallest absolute Gasteiger partial charge is 0.0417 e. The lowest BCUT2D eigenvalue weighted by molar-refractivity contribution is 0.366. The average molecular weight is 549 g/mol. The van der Waals surface area contributed by atoms with Crippen LogP contribution in [-0.4, -0.2) is 0 Å². The van der Waals surface area contributed by atoms with Crippen molar-refractivity contribution < 1.29 is 0 Å². The molecule has 0 bridgehead atoms. The molecular weight excluding hydrogens is 468 g/mol. The minimum Gasteiger partial charge on any atom is -0.0654 e. The lowest BCUT2D eigenvalue weighted by atomic mass is 9.90. The average Bonchev–Trinajstić information content (AvgIpc) is 2.94. The number of unbranched alkanes of at least 4 members (excludes halogenated alkanes) is 25. The topological polar surface area (TPSA) is 0 Å². The minimum atomic E-state index is 0.955. The Bertz CT molecular complexity index is 412. The van der Waals surface area contributed by atoms with Gasteiger partial charge in [0.05, 0.1) is 0 Å². The fourth-order valence-corrected chi connectivity index (χ4v) is 6.59. The van der Waals surface area contributed by atoms with Crippen LogP contribution in [0.25, 0.3) is 0 Å². The summed E-state index contributed by atoms with van der Waals surface area (Å²) in [6.45, 7) is 9.58. The van der Waals surface area contributed by atoms with E-state index < -0.39 is 0 Å². The lowest BCUT2D eigenvalue weighted by Crippen LogP contribution is -2.02. The van der Waals surface area contributed by atoms with Crippen molar-refractivity contribution in [2.24, 2.45) is 11.8 Å². The van der Waals surface area contributed by atoms with Gasteiger partial charge in [-0.1, -0.05) is 240 Å². The molecule has 0 heterocycles. The molecule has 0 amide bonds. The molecule has 0 aliphatic rings. The summed E-state index contributed by atoms with van der Waals surface area (Å²) >= 11 is 0. The largest absolute Gasteiger partial charge is 0.0654 e. The van der Waals surface area contributed by atoms with Gasteiger partial charge in [-0.3, -0.25) is 0 Å². The Labute approximate surface area is 251 Å². The first-order chi connectivity index (χ1) is 19.2. The summed E-state index contributed by atoms with van der Waals surface area (Å²) in [5.41, 5.74) is 0. The van der Waals surface area contributed by atoms with Gasteiger partial charge in [-0.05, 0) is 11.8 Å². The van der Waals surface area contributed by atoms with Crippen LogP contribution in [0.4, 0.5) is 0 Å². The first-order valence-corrected chi connectivity index (χ1v) is 19.2. The van der Waals surface area contributed by atoms with Crippen LogP contribution in [0.1, 0.15) is 240 Å². The van der Waals surface area contributed by atoms with E-state index in [-0.39, 0.29) is 0 Å². The van der Waals surface area contributed by atoms with Gasteiger partial charge in [-0.25, -0.2) is 0 Å². The third-order valence-corrected chi connectivity index (χ3v) is 9.65. The molecule has 2 unspecified atom stereocenters. The Kier molecular flexibility index (Phi) is 34.2. The fourth-order valence-electron chi connectivity index (χ4n) is 6.59. The molecule has 2 atom stereocenters. The van der Waals surface area contributed by atoms with Gasteiger partial charge in [0.2, 0.25) is 0 Å². The molecule has 0 aliphatic heterocycles. The molecule has 0 heteroatoms. The van der Waals surface area contributed by atoms with Crippen molar-refractivity contribution in [3.8, 4) is 0 Å².